The third-order valence-corrected chi connectivity index (χ3v) is 5.07. The van der Waals surface area contributed by atoms with Crippen LogP contribution in [0.5, 0.6) is 0 Å². The normalized spacial score (nSPS) is 15.5. The maximum absolute atomic E-state index is 13.0. The van der Waals surface area contributed by atoms with E-state index in [-0.39, 0.29) is 36.0 Å². The van der Waals surface area contributed by atoms with Crippen molar-refractivity contribution in [1.82, 2.24) is 14.7 Å². The zero-order chi connectivity index (χ0) is 22.8. The van der Waals surface area contributed by atoms with E-state index in [2.05, 4.69) is 10.3 Å². The Bertz CT molecular complexity index is 1220. The van der Waals surface area contributed by atoms with Gasteiger partial charge in [0.1, 0.15) is 17.4 Å². The smallest absolute Gasteiger partial charge is 0.414 e. The van der Waals surface area contributed by atoms with Crippen molar-refractivity contribution in [2.45, 2.75) is 13.0 Å². The molecule has 2 amide bonds. The standard InChI is InChI=1S/C22H20N4O6/c1-13(27)23-10-16-12-26(22(30)32-16)15-7-5-14(6-8-15)19(28)18-11-24-20-17(21(29)31-2)4-3-9-25(18)20/h3-9,11,16H,10,12H2,1-2H3,(H,23,27)/t16-/m0/s1. The van der Waals surface area contributed by atoms with Gasteiger partial charge in [0.2, 0.25) is 11.7 Å². The van der Waals surface area contributed by atoms with E-state index in [0.717, 1.165) is 0 Å². The molecule has 10 nitrogen and oxygen atoms in total. The minimum absolute atomic E-state index is 0.200. The Morgan fingerprint density at radius 3 is 2.66 bits per heavy atom. The van der Waals surface area contributed by atoms with Crippen molar-refractivity contribution in [2.75, 3.05) is 25.1 Å². The number of hydrogen-bond acceptors (Lipinski definition) is 7. The second-order valence-corrected chi connectivity index (χ2v) is 7.18. The molecule has 1 atom stereocenters. The van der Waals surface area contributed by atoms with Gasteiger partial charge in [-0.15, -0.1) is 0 Å². The maximum atomic E-state index is 13.0. The van der Waals surface area contributed by atoms with Crippen LogP contribution < -0.4 is 10.2 Å². The molecule has 3 aromatic rings. The largest absolute Gasteiger partial charge is 0.465 e. The molecule has 0 saturated carbocycles. The summed E-state index contributed by atoms with van der Waals surface area (Å²) >= 11 is 0. The molecular weight excluding hydrogens is 416 g/mol. The third kappa shape index (κ3) is 3.89. The number of aromatic nitrogens is 2. The van der Waals surface area contributed by atoms with Gasteiger partial charge < -0.3 is 14.8 Å². The van der Waals surface area contributed by atoms with E-state index in [0.29, 0.717) is 16.9 Å². The van der Waals surface area contributed by atoms with Crippen LogP contribution in [0, 0.1) is 0 Å². The van der Waals surface area contributed by atoms with E-state index >= 15 is 0 Å². The number of cyclic esters (lactones) is 1. The number of benzene rings is 1. The van der Waals surface area contributed by atoms with Crippen molar-refractivity contribution in [3.63, 3.8) is 0 Å². The van der Waals surface area contributed by atoms with Gasteiger partial charge in [-0.2, -0.15) is 0 Å². The zero-order valence-electron chi connectivity index (χ0n) is 17.4. The number of nitrogens with one attached hydrogen (secondary N) is 1. The molecule has 0 bridgehead atoms. The Morgan fingerprint density at radius 2 is 1.97 bits per heavy atom. The predicted octanol–water partition coefficient (Wildman–Crippen LogP) is 1.81. The quantitative estimate of drug-likeness (QED) is 0.462. The zero-order valence-corrected chi connectivity index (χ0v) is 17.4. The van der Waals surface area contributed by atoms with Crippen LogP contribution in [-0.2, 0) is 14.3 Å². The van der Waals surface area contributed by atoms with Crippen LogP contribution >= 0.6 is 0 Å². The van der Waals surface area contributed by atoms with Crippen LogP contribution in [0.1, 0.15) is 33.3 Å². The van der Waals surface area contributed by atoms with Crippen LogP contribution in [-0.4, -0.2) is 59.4 Å². The number of fused-ring (bicyclic) bond motifs is 1. The Balaban J connectivity index is 1.54. The number of methoxy groups -OCH3 is 1. The van der Waals surface area contributed by atoms with Gasteiger partial charge in [-0.25, -0.2) is 14.6 Å². The second kappa shape index (κ2) is 8.50. The lowest BCUT2D eigenvalue weighted by Gasteiger charge is -2.13. The van der Waals surface area contributed by atoms with Crippen molar-refractivity contribution < 1.29 is 28.7 Å². The van der Waals surface area contributed by atoms with Crippen LogP contribution in [0.25, 0.3) is 5.65 Å². The molecule has 1 aromatic carbocycles. The van der Waals surface area contributed by atoms with Gasteiger partial charge in [0, 0.05) is 24.4 Å². The van der Waals surface area contributed by atoms with Crippen LogP contribution in [0.4, 0.5) is 10.5 Å². The van der Waals surface area contributed by atoms with E-state index in [4.69, 9.17) is 9.47 Å². The molecule has 10 heteroatoms. The summed E-state index contributed by atoms with van der Waals surface area (Å²) in [5, 5.41) is 2.62. The first-order valence-corrected chi connectivity index (χ1v) is 9.80. The second-order valence-electron chi connectivity index (χ2n) is 7.18. The number of amides is 2. The highest BCUT2D eigenvalue weighted by molar-refractivity contribution is 6.09. The number of ether oxygens (including phenoxy) is 2. The molecule has 1 aliphatic heterocycles. The van der Waals surface area contributed by atoms with Gasteiger partial charge in [0.05, 0.1) is 26.4 Å². The Labute approximate surface area is 182 Å². The van der Waals surface area contributed by atoms with Gasteiger partial charge in [0.15, 0.2) is 5.65 Å². The molecule has 2 aromatic heterocycles. The molecule has 1 aliphatic rings. The number of imidazole rings is 1. The fourth-order valence-corrected chi connectivity index (χ4v) is 3.49. The molecule has 32 heavy (non-hydrogen) atoms. The van der Waals surface area contributed by atoms with Gasteiger partial charge in [-0.05, 0) is 36.4 Å². The lowest BCUT2D eigenvalue weighted by molar-refractivity contribution is -0.119. The summed E-state index contributed by atoms with van der Waals surface area (Å²) < 4.78 is 11.6. The predicted molar refractivity (Wildman–Crippen MR) is 113 cm³/mol. The summed E-state index contributed by atoms with van der Waals surface area (Å²) in [6.45, 7) is 1.91. The monoisotopic (exact) mass is 436 g/mol. The van der Waals surface area contributed by atoms with E-state index in [1.165, 1.54) is 29.5 Å². The Hall–Kier alpha value is -4.21. The van der Waals surface area contributed by atoms with E-state index < -0.39 is 18.2 Å². The van der Waals surface area contributed by atoms with Crippen molar-refractivity contribution in [3.8, 4) is 0 Å². The van der Waals surface area contributed by atoms with Crippen molar-refractivity contribution in [2.24, 2.45) is 0 Å². The number of hydrogen-bond donors (Lipinski definition) is 1. The fourth-order valence-electron chi connectivity index (χ4n) is 3.49. The van der Waals surface area contributed by atoms with Crippen molar-refractivity contribution in [1.29, 1.82) is 0 Å². The molecule has 1 fully saturated rings. The maximum Gasteiger partial charge on any atom is 0.414 e. The molecule has 0 spiro atoms. The molecule has 1 saturated heterocycles. The number of esters is 1. The Morgan fingerprint density at radius 1 is 1.22 bits per heavy atom. The molecule has 164 valence electrons. The topological polar surface area (TPSA) is 119 Å². The average Bonchev–Trinajstić information content (AvgIpc) is 3.40. The molecule has 4 rings (SSSR count). The molecule has 1 N–H and O–H groups in total. The fraction of sp³-hybridized carbons (Fsp3) is 0.227. The summed E-state index contributed by atoms with van der Waals surface area (Å²) in [6, 6.07) is 9.73. The minimum Gasteiger partial charge on any atom is -0.465 e. The highest BCUT2D eigenvalue weighted by Gasteiger charge is 2.32. The van der Waals surface area contributed by atoms with Crippen LogP contribution in [0.2, 0.25) is 0 Å². The number of carbonyl (C=O) groups is 4. The SMILES string of the molecule is COC(=O)c1cccn2c(C(=O)c3ccc(N4C[C@H](CNC(C)=O)OC4=O)cc3)cnc12. The van der Waals surface area contributed by atoms with Gasteiger partial charge in [-0.1, -0.05) is 0 Å². The summed E-state index contributed by atoms with van der Waals surface area (Å²) in [4.78, 5) is 53.9. The average molecular weight is 436 g/mol. The van der Waals surface area contributed by atoms with Crippen molar-refractivity contribution >= 4 is 35.1 Å². The molecule has 0 aliphatic carbocycles. The highest BCUT2D eigenvalue weighted by Crippen LogP contribution is 2.23. The first-order chi connectivity index (χ1) is 15.4. The third-order valence-electron chi connectivity index (χ3n) is 5.07. The number of pyridine rings is 1. The number of anilines is 1. The number of ketones is 1. The van der Waals surface area contributed by atoms with E-state index in [1.807, 2.05) is 0 Å². The van der Waals surface area contributed by atoms with Gasteiger partial charge >= 0.3 is 12.1 Å². The summed E-state index contributed by atoms with van der Waals surface area (Å²) in [7, 11) is 1.28. The molecule has 0 unspecified atom stereocenters. The van der Waals surface area contributed by atoms with Crippen LogP contribution in [0.15, 0.2) is 48.8 Å². The van der Waals surface area contributed by atoms with Gasteiger partial charge in [-0.3, -0.25) is 18.9 Å². The molecular formula is C22H20N4O6. The summed E-state index contributed by atoms with van der Waals surface area (Å²) in [6.07, 6.45) is 2.08. The summed E-state index contributed by atoms with van der Waals surface area (Å²) in [5.41, 5.74) is 1.83. The van der Waals surface area contributed by atoms with Crippen molar-refractivity contribution in [3.05, 3.63) is 65.6 Å². The molecule has 0 radical (unpaired) electrons. The van der Waals surface area contributed by atoms with Gasteiger partial charge in [0.25, 0.3) is 0 Å². The lowest BCUT2D eigenvalue weighted by Crippen LogP contribution is -2.33. The first-order valence-electron chi connectivity index (χ1n) is 9.80. The summed E-state index contributed by atoms with van der Waals surface area (Å²) in [5.74, 6) is -1.04. The van der Waals surface area contributed by atoms with E-state index in [1.54, 1.807) is 42.6 Å². The molecule has 3 heterocycles. The number of carbonyl (C=O) groups excluding carboxylic acids is 4. The highest BCUT2D eigenvalue weighted by atomic mass is 16.6. The Kier molecular flexibility index (Phi) is 5.59. The van der Waals surface area contributed by atoms with Crippen LogP contribution in [0.3, 0.4) is 0 Å². The number of rotatable bonds is 6. The lowest BCUT2D eigenvalue weighted by atomic mass is 10.1. The number of nitrogens with zero attached hydrogens (tertiary/aromatic N) is 3. The van der Waals surface area contributed by atoms with E-state index in [9.17, 15) is 19.2 Å². The first kappa shape index (κ1) is 21.0. The minimum atomic E-state index is -0.543.